The molecule has 0 bridgehead atoms. The summed E-state index contributed by atoms with van der Waals surface area (Å²) in [7, 11) is 0. The molecule has 1 atom stereocenters. The quantitative estimate of drug-likeness (QED) is 0.887. The number of nitrogens with zero attached hydrogens (tertiary/aromatic N) is 2. The van der Waals surface area contributed by atoms with E-state index in [4.69, 9.17) is 10.8 Å². The Hall–Kier alpha value is -0.910. The van der Waals surface area contributed by atoms with E-state index in [1.54, 1.807) is 0 Å². The molecule has 0 aliphatic rings. The van der Waals surface area contributed by atoms with Gasteiger partial charge in [0.1, 0.15) is 10.3 Å². The van der Waals surface area contributed by atoms with Gasteiger partial charge in [-0.25, -0.2) is 4.98 Å². The maximum absolute atomic E-state index is 8.83. The van der Waals surface area contributed by atoms with Gasteiger partial charge in [-0.3, -0.25) is 4.40 Å². The molecule has 0 fully saturated rings. The average molecular weight is 270 g/mol. The van der Waals surface area contributed by atoms with Gasteiger partial charge in [-0.1, -0.05) is 6.07 Å². The minimum Gasteiger partial charge on any atom is -0.396 e. The number of imidazole rings is 1. The standard InChI is InChI=1S/C10H12BrN3O/c11-10-9(7(12)4-6-15)13-8-3-1-2-5-14(8)10/h1-3,5,7,15H,4,6,12H2. The van der Waals surface area contributed by atoms with Crippen LogP contribution >= 0.6 is 15.9 Å². The fourth-order valence-electron chi connectivity index (χ4n) is 1.50. The highest BCUT2D eigenvalue weighted by Gasteiger charge is 2.15. The van der Waals surface area contributed by atoms with E-state index in [0.29, 0.717) is 6.42 Å². The molecule has 0 aliphatic carbocycles. The lowest BCUT2D eigenvalue weighted by molar-refractivity contribution is 0.275. The topological polar surface area (TPSA) is 63.5 Å². The SMILES string of the molecule is NC(CCO)c1nc2ccccn2c1Br. The first kappa shape index (κ1) is 10.6. The second kappa shape index (κ2) is 4.30. The molecule has 2 heterocycles. The Balaban J connectivity index is 2.48. The van der Waals surface area contributed by atoms with Gasteiger partial charge in [-0.05, 0) is 34.5 Å². The van der Waals surface area contributed by atoms with Crippen LogP contribution in [0.2, 0.25) is 0 Å². The van der Waals surface area contributed by atoms with Gasteiger partial charge >= 0.3 is 0 Å². The molecule has 0 radical (unpaired) electrons. The minimum absolute atomic E-state index is 0.0709. The van der Waals surface area contributed by atoms with E-state index in [-0.39, 0.29) is 12.6 Å². The van der Waals surface area contributed by atoms with Crippen LogP contribution in [0.4, 0.5) is 0 Å². The lowest BCUT2D eigenvalue weighted by Crippen LogP contribution is -2.12. The van der Waals surface area contributed by atoms with Crippen molar-refractivity contribution in [3.05, 3.63) is 34.7 Å². The van der Waals surface area contributed by atoms with Gasteiger partial charge in [-0.15, -0.1) is 0 Å². The van der Waals surface area contributed by atoms with Crippen LogP contribution in [-0.4, -0.2) is 21.1 Å². The summed E-state index contributed by atoms with van der Waals surface area (Å²) in [6.45, 7) is 0.0709. The fourth-order valence-corrected chi connectivity index (χ4v) is 2.18. The molecule has 15 heavy (non-hydrogen) atoms. The van der Waals surface area contributed by atoms with Crippen molar-refractivity contribution < 1.29 is 5.11 Å². The highest BCUT2D eigenvalue weighted by atomic mass is 79.9. The van der Waals surface area contributed by atoms with Gasteiger partial charge in [0.05, 0.1) is 11.7 Å². The minimum atomic E-state index is -0.232. The van der Waals surface area contributed by atoms with Crippen molar-refractivity contribution in [2.45, 2.75) is 12.5 Å². The van der Waals surface area contributed by atoms with Crippen molar-refractivity contribution >= 4 is 21.6 Å². The number of aromatic nitrogens is 2. The molecule has 1 unspecified atom stereocenters. The van der Waals surface area contributed by atoms with Crippen LogP contribution in [-0.2, 0) is 0 Å². The summed E-state index contributed by atoms with van der Waals surface area (Å²) < 4.78 is 2.78. The summed E-state index contributed by atoms with van der Waals surface area (Å²) >= 11 is 3.46. The molecule has 5 heteroatoms. The van der Waals surface area contributed by atoms with Gasteiger partial charge in [0.2, 0.25) is 0 Å². The van der Waals surface area contributed by atoms with Gasteiger partial charge in [0, 0.05) is 12.8 Å². The van der Waals surface area contributed by atoms with E-state index in [1.165, 1.54) is 0 Å². The van der Waals surface area contributed by atoms with Crippen LogP contribution in [0.1, 0.15) is 18.2 Å². The van der Waals surface area contributed by atoms with Crippen molar-refractivity contribution in [2.75, 3.05) is 6.61 Å². The molecule has 80 valence electrons. The molecule has 2 aromatic heterocycles. The van der Waals surface area contributed by atoms with Gasteiger partial charge in [0.15, 0.2) is 0 Å². The molecule has 0 aliphatic heterocycles. The summed E-state index contributed by atoms with van der Waals surface area (Å²) in [5, 5.41) is 8.83. The smallest absolute Gasteiger partial charge is 0.137 e. The zero-order chi connectivity index (χ0) is 10.8. The molecule has 0 saturated carbocycles. The summed E-state index contributed by atoms with van der Waals surface area (Å²) in [5.74, 6) is 0. The Morgan fingerprint density at radius 1 is 1.53 bits per heavy atom. The number of aliphatic hydroxyl groups is 1. The van der Waals surface area contributed by atoms with Crippen molar-refractivity contribution in [3.8, 4) is 0 Å². The Morgan fingerprint density at radius 2 is 2.33 bits per heavy atom. The third-order valence-electron chi connectivity index (χ3n) is 2.29. The Bertz CT molecular complexity index is 469. The number of pyridine rings is 1. The molecular weight excluding hydrogens is 258 g/mol. The van der Waals surface area contributed by atoms with Crippen LogP contribution < -0.4 is 5.73 Å². The van der Waals surface area contributed by atoms with E-state index in [2.05, 4.69) is 20.9 Å². The predicted molar refractivity (Wildman–Crippen MR) is 61.5 cm³/mol. The molecular formula is C10H12BrN3O. The highest BCUT2D eigenvalue weighted by Crippen LogP contribution is 2.24. The van der Waals surface area contributed by atoms with Crippen LogP contribution in [0, 0.1) is 0 Å². The van der Waals surface area contributed by atoms with E-state index in [1.807, 2.05) is 28.8 Å². The predicted octanol–water partition coefficient (Wildman–Crippen LogP) is 1.48. The normalized spacial score (nSPS) is 13.3. The Morgan fingerprint density at radius 3 is 3.00 bits per heavy atom. The third kappa shape index (κ3) is 1.90. The van der Waals surface area contributed by atoms with E-state index in [9.17, 15) is 0 Å². The van der Waals surface area contributed by atoms with E-state index < -0.39 is 0 Å². The number of fused-ring (bicyclic) bond motifs is 1. The largest absolute Gasteiger partial charge is 0.396 e. The maximum Gasteiger partial charge on any atom is 0.137 e. The monoisotopic (exact) mass is 269 g/mol. The first-order chi connectivity index (χ1) is 7.24. The summed E-state index contributed by atoms with van der Waals surface area (Å²) in [6.07, 6.45) is 2.43. The first-order valence-electron chi connectivity index (χ1n) is 4.73. The number of nitrogens with two attached hydrogens (primary N) is 1. The fraction of sp³-hybridized carbons (Fsp3) is 0.300. The van der Waals surface area contributed by atoms with Crippen molar-refractivity contribution in [3.63, 3.8) is 0 Å². The molecule has 3 N–H and O–H groups in total. The second-order valence-corrected chi connectivity index (χ2v) is 4.09. The number of hydrogen-bond acceptors (Lipinski definition) is 3. The average Bonchev–Trinajstić information content (AvgIpc) is 2.57. The molecule has 2 aromatic rings. The first-order valence-corrected chi connectivity index (χ1v) is 5.52. The van der Waals surface area contributed by atoms with Crippen LogP contribution in [0.5, 0.6) is 0 Å². The summed E-state index contributed by atoms with van der Waals surface area (Å²) in [6, 6.07) is 5.54. The Kier molecular flexibility index (Phi) is 3.04. The van der Waals surface area contributed by atoms with Gasteiger partial charge in [0.25, 0.3) is 0 Å². The van der Waals surface area contributed by atoms with Gasteiger partial charge in [-0.2, -0.15) is 0 Å². The van der Waals surface area contributed by atoms with Crippen LogP contribution in [0.25, 0.3) is 5.65 Å². The van der Waals surface area contributed by atoms with Crippen molar-refractivity contribution in [1.82, 2.24) is 9.38 Å². The lowest BCUT2D eigenvalue weighted by atomic mass is 10.2. The number of halogens is 1. The summed E-state index contributed by atoms with van der Waals surface area (Å²) in [4.78, 5) is 4.41. The Labute approximate surface area is 95.9 Å². The molecule has 2 rings (SSSR count). The van der Waals surface area contributed by atoms with Crippen LogP contribution in [0.15, 0.2) is 29.0 Å². The van der Waals surface area contributed by atoms with E-state index >= 15 is 0 Å². The summed E-state index contributed by atoms with van der Waals surface area (Å²) in [5.41, 5.74) is 7.55. The zero-order valence-corrected chi connectivity index (χ0v) is 9.68. The van der Waals surface area contributed by atoms with Crippen molar-refractivity contribution in [2.24, 2.45) is 5.73 Å². The molecule has 4 nitrogen and oxygen atoms in total. The van der Waals surface area contributed by atoms with Gasteiger partial charge < -0.3 is 10.8 Å². The maximum atomic E-state index is 8.83. The zero-order valence-electron chi connectivity index (χ0n) is 8.10. The third-order valence-corrected chi connectivity index (χ3v) is 3.08. The molecule has 0 saturated heterocycles. The lowest BCUT2D eigenvalue weighted by Gasteiger charge is -2.06. The number of hydrogen-bond donors (Lipinski definition) is 2. The highest BCUT2D eigenvalue weighted by molar-refractivity contribution is 9.10. The van der Waals surface area contributed by atoms with Crippen molar-refractivity contribution in [1.29, 1.82) is 0 Å². The molecule has 0 spiro atoms. The number of aliphatic hydroxyl groups excluding tert-OH is 1. The van der Waals surface area contributed by atoms with E-state index in [0.717, 1.165) is 15.9 Å². The number of rotatable bonds is 3. The molecule has 0 aromatic carbocycles. The van der Waals surface area contributed by atoms with Crippen LogP contribution in [0.3, 0.4) is 0 Å². The second-order valence-electron chi connectivity index (χ2n) is 3.34. The molecule has 0 amide bonds.